The van der Waals surface area contributed by atoms with Gasteiger partial charge in [-0.2, -0.15) is 5.10 Å². The highest BCUT2D eigenvalue weighted by molar-refractivity contribution is 6.34. The van der Waals surface area contributed by atoms with Crippen molar-refractivity contribution in [2.75, 3.05) is 5.32 Å². The Morgan fingerprint density at radius 1 is 1.29 bits per heavy atom. The monoisotopic (exact) mass is 343 g/mol. The van der Waals surface area contributed by atoms with Crippen molar-refractivity contribution in [2.24, 2.45) is 0 Å². The average molecular weight is 344 g/mol. The SMILES string of the molecule is O=C(Nc1ccc(-n2cccn2)nc1)c1cc([N+](=O)[O-])ccc1Cl. The number of benzene rings is 1. The molecule has 0 aliphatic heterocycles. The molecule has 3 rings (SSSR count). The number of carbonyl (C=O) groups is 1. The quantitative estimate of drug-likeness (QED) is 0.579. The minimum atomic E-state index is -0.590. The number of rotatable bonds is 4. The van der Waals surface area contributed by atoms with Gasteiger partial charge in [0.05, 0.1) is 27.4 Å². The molecule has 1 N–H and O–H groups in total. The summed E-state index contributed by atoms with van der Waals surface area (Å²) in [6, 6.07) is 8.77. The number of nitrogens with one attached hydrogen (secondary N) is 1. The van der Waals surface area contributed by atoms with Crippen molar-refractivity contribution in [3.8, 4) is 5.82 Å². The second kappa shape index (κ2) is 6.47. The Morgan fingerprint density at radius 2 is 2.12 bits per heavy atom. The van der Waals surface area contributed by atoms with E-state index in [0.717, 1.165) is 6.07 Å². The lowest BCUT2D eigenvalue weighted by Crippen LogP contribution is -2.13. The van der Waals surface area contributed by atoms with Crippen LogP contribution >= 0.6 is 11.6 Å². The largest absolute Gasteiger partial charge is 0.321 e. The molecule has 9 heteroatoms. The van der Waals surface area contributed by atoms with Gasteiger partial charge < -0.3 is 5.32 Å². The standard InChI is InChI=1S/C15H10ClN5O3/c16-13-4-3-11(21(23)24)8-12(13)15(22)19-10-2-5-14(17-9-10)20-7-1-6-18-20/h1-9H,(H,19,22). The Bertz CT molecular complexity index is 894. The van der Waals surface area contributed by atoms with Crippen LogP contribution in [-0.4, -0.2) is 25.6 Å². The fourth-order valence-electron chi connectivity index (χ4n) is 2.00. The summed E-state index contributed by atoms with van der Waals surface area (Å²) in [4.78, 5) is 26.7. The molecule has 0 bridgehead atoms. The van der Waals surface area contributed by atoms with Gasteiger partial charge in [0.2, 0.25) is 0 Å². The topological polar surface area (TPSA) is 103 Å². The highest BCUT2D eigenvalue weighted by Gasteiger charge is 2.16. The second-order valence-electron chi connectivity index (χ2n) is 4.73. The number of hydrogen-bond acceptors (Lipinski definition) is 5. The number of non-ortho nitro benzene ring substituents is 1. The molecule has 1 amide bonds. The van der Waals surface area contributed by atoms with Crippen LogP contribution in [0.4, 0.5) is 11.4 Å². The van der Waals surface area contributed by atoms with Crippen molar-refractivity contribution >= 4 is 28.9 Å². The number of pyridine rings is 1. The van der Waals surface area contributed by atoms with Gasteiger partial charge in [-0.05, 0) is 24.3 Å². The molecular formula is C15H10ClN5O3. The fourth-order valence-corrected chi connectivity index (χ4v) is 2.20. The van der Waals surface area contributed by atoms with Crippen LogP contribution in [-0.2, 0) is 0 Å². The summed E-state index contributed by atoms with van der Waals surface area (Å²) in [5.41, 5.74) is 0.234. The zero-order valence-corrected chi connectivity index (χ0v) is 12.8. The number of carbonyl (C=O) groups excluding carboxylic acids is 1. The number of amides is 1. The molecule has 0 unspecified atom stereocenters. The minimum absolute atomic E-state index is 0.0158. The van der Waals surface area contributed by atoms with Crippen LogP contribution in [0.2, 0.25) is 5.02 Å². The first-order valence-electron chi connectivity index (χ1n) is 6.76. The van der Waals surface area contributed by atoms with Gasteiger partial charge in [0.25, 0.3) is 11.6 Å². The summed E-state index contributed by atoms with van der Waals surface area (Å²) in [5.74, 6) is 0.0312. The van der Waals surface area contributed by atoms with Crippen molar-refractivity contribution < 1.29 is 9.72 Å². The van der Waals surface area contributed by atoms with Gasteiger partial charge in [0, 0.05) is 24.5 Å². The van der Waals surface area contributed by atoms with Gasteiger partial charge in [0.1, 0.15) is 0 Å². The van der Waals surface area contributed by atoms with E-state index in [4.69, 9.17) is 11.6 Å². The van der Waals surface area contributed by atoms with Crippen LogP contribution < -0.4 is 5.32 Å². The Labute approximate surface area is 140 Å². The number of hydrogen-bond donors (Lipinski definition) is 1. The van der Waals surface area contributed by atoms with Crippen molar-refractivity contribution in [3.05, 3.63) is 75.7 Å². The van der Waals surface area contributed by atoms with Crippen LogP contribution in [0.3, 0.4) is 0 Å². The van der Waals surface area contributed by atoms with E-state index in [9.17, 15) is 14.9 Å². The maximum absolute atomic E-state index is 12.3. The number of aromatic nitrogens is 3. The molecule has 2 aromatic heterocycles. The van der Waals surface area contributed by atoms with Crippen LogP contribution in [0.1, 0.15) is 10.4 Å². The Balaban J connectivity index is 1.80. The number of halogens is 1. The molecule has 0 saturated carbocycles. The van der Waals surface area contributed by atoms with Gasteiger partial charge in [-0.1, -0.05) is 11.6 Å². The molecule has 3 aromatic rings. The molecule has 0 aliphatic carbocycles. The van der Waals surface area contributed by atoms with Gasteiger partial charge in [-0.15, -0.1) is 0 Å². The summed E-state index contributed by atoms with van der Waals surface area (Å²) in [7, 11) is 0. The first-order valence-corrected chi connectivity index (χ1v) is 7.14. The number of nitro groups is 1. The summed E-state index contributed by atoms with van der Waals surface area (Å²) in [6.45, 7) is 0. The molecule has 0 atom stereocenters. The predicted molar refractivity (Wildman–Crippen MR) is 87.4 cm³/mol. The third-order valence-electron chi connectivity index (χ3n) is 3.15. The van der Waals surface area contributed by atoms with E-state index in [1.165, 1.54) is 18.3 Å². The molecule has 2 heterocycles. The van der Waals surface area contributed by atoms with Crippen LogP contribution in [0.25, 0.3) is 5.82 Å². The molecule has 8 nitrogen and oxygen atoms in total. The maximum atomic E-state index is 12.3. The molecule has 0 spiro atoms. The average Bonchev–Trinajstić information content (AvgIpc) is 3.10. The molecule has 24 heavy (non-hydrogen) atoms. The van der Waals surface area contributed by atoms with E-state index in [-0.39, 0.29) is 16.3 Å². The van der Waals surface area contributed by atoms with Gasteiger partial charge in [0.15, 0.2) is 5.82 Å². The first-order chi connectivity index (χ1) is 11.5. The van der Waals surface area contributed by atoms with E-state index in [2.05, 4.69) is 15.4 Å². The fraction of sp³-hybridized carbons (Fsp3) is 0. The minimum Gasteiger partial charge on any atom is -0.321 e. The summed E-state index contributed by atoms with van der Waals surface area (Å²) >= 11 is 5.94. The van der Waals surface area contributed by atoms with Crippen LogP contribution in [0.5, 0.6) is 0 Å². The third-order valence-corrected chi connectivity index (χ3v) is 3.48. The third kappa shape index (κ3) is 3.23. The lowest BCUT2D eigenvalue weighted by atomic mass is 10.2. The summed E-state index contributed by atoms with van der Waals surface area (Å²) < 4.78 is 1.57. The Morgan fingerprint density at radius 3 is 2.75 bits per heavy atom. The van der Waals surface area contributed by atoms with E-state index >= 15 is 0 Å². The molecule has 0 fully saturated rings. The molecule has 0 saturated heterocycles. The summed E-state index contributed by atoms with van der Waals surface area (Å²) in [6.07, 6.45) is 4.82. The van der Waals surface area contributed by atoms with E-state index in [1.54, 1.807) is 35.3 Å². The molecule has 0 aliphatic rings. The van der Waals surface area contributed by atoms with Crippen LogP contribution in [0.15, 0.2) is 55.0 Å². The van der Waals surface area contributed by atoms with E-state index < -0.39 is 10.8 Å². The maximum Gasteiger partial charge on any atom is 0.270 e. The summed E-state index contributed by atoms with van der Waals surface area (Å²) in [5, 5.41) is 17.6. The molecular weight excluding hydrogens is 334 g/mol. The number of anilines is 1. The normalized spacial score (nSPS) is 10.4. The zero-order chi connectivity index (χ0) is 17.1. The molecule has 120 valence electrons. The molecule has 0 radical (unpaired) electrons. The van der Waals surface area contributed by atoms with E-state index in [1.807, 2.05) is 0 Å². The van der Waals surface area contributed by atoms with E-state index in [0.29, 0.717) is 11.5 Å². The van der Waals surface area contributed by atoms with Crippen molar-refractivity contribution in [1.29, 1.82) is 0 Å². The first kappa shape index (κ1) is 15.6. The smallest absolute Gasteiger partial charge is 0.270 e. The zero-order valence-electron chi connectivity index (χ0n) is 12.1. The van der Waals surface area contributed by atoms with Crippen molar-refractivity contribution in [1.82, 2.24) is 14.8 Å². The lowest BCUT2D eigenvalue weighted by molar-refractivity contribution is -0.384. The van der Waals surface area contributed by atoms with Gasteiger partial charge in [-0.25, -0.2) is 9.67 Å². The van der Waals surface area contributed by atoms with Gasteiger partial charge in [-0.3, -0.25) is 14.9 Å². The Kier molecular flexibility index (Phi) is 4.21. The van der Waals surface area contributed by atoms with Crippen molar-refractivity contribution in [3.63, 3.8) is 0 Å². The van der Waals surface area contributed by atoms with Crippen LogP contribution in [0, 0.1) is 10.1 Å². The predicted octanol–water partition coefficient (Wildman–Crippen LogP) is 3.08. The number of nitrogens with zero attached hydrogens (tertiary/aromatic N) is 4. The molecule has 1 aromatic carbocycles. The lowest BCUT2D eigenvalue weighted by Gasteiger charge is -2.07. The number of nitro benzene ring substituents is 1. The van der Waals surface area contributed by atoms with Gasteiger partial charge >= 0.3 is 0 Å². The highest BCUT2D eigenvalue weighted by atomic mass is 35.5. The second-order valence-corrected chi connectivity index (χ2v) is 5.14. The van der Waals surface area contributed by atoms with Crippen molar-refractivity contribution in [2.45, 2.75) is 0 Å². The highest BCUT2D eigenvalue weighted by Crippen LogP contribution is 2.23. The Hall–Kier alpha value is -3.26.